The van der Waals surface area contributed by atoms with E-state index in [4.69, 9.17) is 0 Å². The second kappa shape index (κ2) is 5.08. The summed E-state index contributed by atoms with van der Waals surface area (Å²) in [5.74, 6) is 0.206. The molecule has 1 heterocycles. The van der Waals surface area contributed by atoms with Crippen molar-refractivity contribution in [3.8, 4) is 0 Å². The molecular formula is C14H14OS. The summed E-state index contributed by atoms with van der Waals surface area (Å²) in [5, 5.41) is 2.01. The van der Waals surface area contributed by atoms with Crippen LogP contribution in [0.25, 0.3) is 0 Å². The fraction of sp³-hybridized carbons (Fsp3) is 0.214. The summed E-state index contributed by atoms with van der Waals surface area (Å²) in [7, 11) is 0. The van der Waals surface area contributed by atoms with E-state index in [9.17, 15) is 4.79 Å². The van der Waals surface area contributed by atoms with Gasteiger partial charge in [0.05, 0.1) is 0 Å². The molecule has 82 valence electrons. The molecule has 0 radical (unpaired) electrons. The van der Waals surface area contributed by atoms with Crippen LogP contribution >= 0.6 is 11.3 Å². The molecule has 1 nitrogen and oxygen atoms in total. The molecule has 0 atom stereocenters. The smallest absolute Gasteiger partial charge is 0.168 e. The zero-order chi connectivity index (χ0) is 11.4. The maximum Gasteiger partial charge on any atom is 0.168 e. The number of benzene rings is 1. The molecule has 0 unspecified atom stereocenters. The van der Waals surface area contributed by atoms with E-state index in [1.54, 1.807) is 11.3 Å². The van der Waals surface area contributed by atoms with E-state index in [-0.39, 0.29) is 5.78 Å². The van der Waals surface area contributed by atoms with E-state index in [0.717, 1.165) is 16.9 Å². The lowest BCUT2D eigenvalue weighted by Crippen LogP contribution is -2.02. The molecule has 2 heteroatoms. The Bertz CT molecular complexity index is 471. The van der Waals surface area contributed by atoms with Gasteiger partial charge in [-0.2, -0.15) is 0 Å². The fourth-order valence-electron chi connectivity index (χ4n) is 1.64. The van der Waals surface area contributed by atoms with Gasteiger partial charge in [-0.15, -0.1) is 11.3 Å². The van der Waals surface area contributed by atoms with Gasteiger partial charge in [-0.1, -0.05) is 31.2 Å². The predicted octanol–water partition coefficient (Wildman–Crippen LogP) is 3.74. The lowest BCUT2D eigenvalue weighted by molar-refractivity contribution is 0.0993. The molecule has 1 aromatic heterocycles. The molecule has 2 aromatic rings. The monoisotopic (exact) mass is 230 g/mol. The van der Waals surface area contributed by atoms with Crippen LogP contribution in [0.5, 0.6) is 0 Å². The Hall–Kier alpha value is -1.41. The first-order valence-corrected chi connectivity index (χ1v) is 6.32. The van der Waals surface area contributed by atoms with Crippen molar-refractivity contribution >= 4 is 17.1 Å². The number of aryl methyl sites for hydroxylation is 1. The molecule has 0 aliphatic rings. The van der Waals surface area contributed by atoms with Crippen molar-refractivity contribution < 1.29 is 4.79 Å². The first kappa shape index (κ1) is 11.1. The third kappa shape index (κ3) is 2.58. The number of hydrogen-bond donors (Lipinski definition) is 0. The third-order valence-electron chi connectivity index (χ3n) is 2.57. The Morgan fingerprint density at radius 2 is 2.12 bits per heavy atom. The molecule has 0 N–H and O–H groups in total. The minimum absolute atomic E-state index is 0.206. The summed E-state index contributed by atoms with van der Waals surface area (Å²) in [4.78, 5) is 13.1. The molecular weight excluding hydrogens is 216 g/mol. The number of carbonyl (C=O) groups is 1. The summed E-state index contributed by atoms with van der Waals surface area (Å²) in [6.45, 7) is 2.10. The molecule has 0 bridgehead atoms. The van der Waals surface area contributed by atoms with E-state index >= 15 is 0 Å². The van der Waals surface area contributed by atoms with Crippen molar-refractivity contribution in [2.45, 2.75) is 19.8 Å². The van der Waals surface area contributed by atoms with Gasteiger partial charge in [0.1, 0.15) is 0 Å². The highest BCUT2D eigenvalue weighted by atomic mass is 32.1. The highest BCUT2D eigenvalue weighted by Crippen LogP contribution is 2.14. The Kier molecular flexibility index (Phi) is 3.52. The maximum atomic E-state index is 12.0. The summed E-state index contributed by atoms with van der Waals surface area (Å²) in [6, 6.07) is 11.9. The van der Waals surface area contributed by atoms with Crippen LogP contribution in [-0.4, -0.2) is 5.78 Å². The normalized spacial score (nSPS) is 10.3. The topological polar surface area (TPSA) is 17.1 Å². The van der Waals surface area contributed by atoms with E-state index < -0.39 is 0 Å². The first-order chi connectivity index (χ1) is 7.79. The van der Waals surface area contributed by atoms with Crippen molar-refractivity contribution in [1.29, 1.82) is 0 Å². The van der Waals surface area contributed by atoms with E-state index in [0.29, 0.717) is 6.42 Å². The number of rotatable bonds is 4. The van der Waals surface area contributed by atoms with Crippen LogP contribution in [0.1, 0.15) is 27.7 Å². The van der Waals surface area contributed by atoms with E-state index in [1.165, 1.54) is 5.56 Å². The molecule has 2 rings (SSSR count). The molecule has 0 saturated carbocycles. The Morgan fingerprint density at radius 3 is 2.81 bits per heavy atom. The molecule has 0 fully saturated rings. The van der Waals surface area contributed by atoms with Crippen LogP contribution in [-0.2, 0) is 12.8 Å². The molecule has 0 saturated heterocycles. The van der Waals surface area contributed by atoms with Crippen molar-refractivity contribution in [2.24, 2.45) is 0 Å². The van der Waals surface area contributed by atoms with Crippen LogP contribution in [0, 0.1) is 0 Å². The quantitative estimate of drug-likeness (QED) is 0.731. The Labute approximate surface area is 99.8 Å². The summed E-state index contributed by atoms with van der Waals surface area (Å²) < 4.78 is 0. The molecule has 0 aliphatic heterocycles. The molecule has 0 aliphatic carbocycles. The Balaban J connectivity index is 2.14. The molecule has 0 spiro atoms. The number of thiophene rings is 1. The van der Waals surface area contributed by atoms with Crippen molar-refractivity contribution in [2.75, 3.05) is 0 Å². The van der Waals surface area contributed by atoms with Gasteiger partial charge in [0.25, 0.3) is 0 Å². The van der Waals surface area contributed by atoms with E-state index in [1.807, 2.05) is 35.7 Å². The second-order valence-corrected chi connectivity index (χ2v) is 4.77. The van der Waals surface area contributed by atoms with Gasteiger partial charge in [-0.3, -0.25) is 4.79 Å². The maximum absolute atomic E-state index is 12.0. The van der Waals surface area contributed by atoms with Gasteiger partial charge in [0.2, 0.25) is 0 Å². The summed E-state index contributed by atoms with van der Waals surface area (Å²) >= 11 is 1.64. The van der Waals surface area contributed by atoms with Crippen LogP contribution in [0.4, 0.5) is 0 Å². The van der Waals surface area contributed by atoms with Crippen molar-refractivity contribution in [3.63, 3.8) is 0 Å². The number of carbonyl (C=O) groups excluding carboxylic acids is 1. The average Bonchev–Trinajstić information content (AvgIpc) is 2.82. The Morgan fingerprint density at radius 1 is 1.25 bits per heavy atom. The van der Waals surface area contributed by atoms with Gasteiger partial charge in [0.15, 0.2) is 5.78 Å². The van der Waals surface area contributed by atoms with Gasteiger partial charge >= 0.3 is 0 Å². The van der Waals surface area contributed by atoms with Crippen molar-refractivity contribution in [1.82, 2.24) is 0 Å². The van der Waals surface area contributed by atoms with Crippen LogP contribution in [0.15, 0.2) is 41.8 Å². The third-order valence-corrected chi connectivity index (χ3v) is 3.45. The number of hydrogen-bond acceptors (Lipinski definition) is 2. The molecule has 16 heavy (non-hydrogen) atoms. The van der Waals surface area contributed by atoms with Crippen LogP contribution in [0.2, 0.25) is 0 Å². The van der Waals surface area contributed by atoms with Gasteiger partial charge < -0.3 is 0 Å². The zero-order valence-electron chi connectivity index (χ0n) is 9.27. The standard InChI is InChI=1S/C14H14OS/c1-2-11-5-3-6-12(9-11)14(15)10-13-7-4-8-16-13/h3-9H,2,10H2,1H3. The van der Waals surface area contributed by atoms with Gasteiger partial charge in [-0.05, 0) is 29.5 Å². The molecule has 1 aromatic carbocycles. The average molecular weight is 230 g/mol. The minimum Gasteiger partial charge on any atom is -0.294 e. The largest absolute Gasteiger partial charge is 0.294 e. The number of ketones is 1. The summed E-state index contributed by atoms with van der Waals surface area (Å²) in [5.41, 5.74) is 2.05. The van der Waals surface area contributed by atoms with Crippen LogP contribution in [0.3, 0.4) is 0 Å². The van der Waals surface area contributed by atoms with Crippen molar-refractivity contribution in [3.05, 3.63) is 57.8 Å². The highest BCUT2D eigenvalue weighted by Gasteiger charge is 2.07. The lowest BCUT2D eigenvalue weighted by Gasteiger charge is -2.02. The minimum atomic E-state index is 0.206. The second-order valence-electron chi connectivity index (χ2n) is 3.73. The van der Waals surface area contributed by atoms with E-state index in [2.05, 4.69) is 13.0 Å². The SMILES string of the molecule is CCc1cccc(C(=O)Cc2cccs2)c1. The van der Waals surface area contributed by atoms with Gasteiger partial charge in [-0.25, -0.2) is 0 Å². The zero-order valence-corrected chi connectivity index (χ0v) is 10.1. The fourth-order valence-corrected chi connectivity index (χ4v) is 2.34. The highest BCUT2D eigenvalue weighted by molar-refractivity contribution is 7.10. The molecule has 0 amide bonds. The first-order valence-electron chi connectivity index (χ1n) is 5.44. The predicted molar refractivity (Wildman–Crippen MR) is 68.2 cm³/mol. The lowest BCUT2D eigenvalue weighted by atomic mass is 10.0. The van der Waals surface area contributed by atoms with Crippen LogP contribution < -0.4 is 0 Å². The number of Topliss-reactive ketones (excluding diaryl/α,β-unsaturated/α-hetero) is 1. The summed E-state index contributed by atoms with van der Waals surface area (Å²) in [6.07, 6.45) is 1.49. The van der Waals surface area contributed by atoms with Gasteiger partial charge in [0, 0.05) is 16.9 Å².